The van der Waals surface area contributed by atoms with Crippen LogP contribution < -0.4 is 5.32 Å². The topological polar surface area (TPSA) is 24.4 Å². The third-order valence-electron chi connectivity index (χ3n) is 4.31. The van der Waals surface area contributed by atoms with Crippen LogP contribution >= 0.6 is 0 Å². The summed E-state index contributed by atoms with van der Waals surface area (Å²) in [6.45, 7) is 8.36. The van der Waals surface area contributed by atoms with Crippen molar-refractivity contribution in [1.29, 1.82) is 0 Å². The van der Waals surface area contributed by atoms with Crippen LogP contribution in [0.15, 0.2) is 96.5 Å². The molecule has 0 amide bonds. The molecule has 3 aromatic carbocycles. The molecule has 0 saturated heterocycles. The second-order valence-electron chi connectivity index (χ2n) is 6.39. The predicted molar refractivity (Wildman–Crippen MR) is 111 cm³/mol. The molecule has 1 unspecified atom stereocenters. The molecule has 130 valence electrons. The molecular formula is C24H24N2. The standard InChI is InChI=1S/C24H24N2/c1-18-11-10-16-23(17-18)24(25-19(2)21-12-6-4-7-13-21)26-20(3)22-14-8-5-9-15-22/h4-17,24-25H,2H2,1,3H3. The van der Waals surface area contributed by atoms with Crippen molar-refractivity contribution in [2.24, 2.45) is 4.99 Å². The zero-order valence-electron chi connectivity index (χ0n) is 15.3. The van der Waals surface area contributed by atoms with E-state index in [2.05, 4.69) is 67.4 Å². The minimum atomic E-state index is -0.192. The normalized spacial score (nSPS) is 12.5. The fraction of sp³-hybridized carbons (Fsp3) is 0.125. The second kappa shape index (κ2) is 8.30. The van der Waals surface area contributed by atoms with E-state index >= 15 is 0 Å². The maximum atomic E-state index is 4.97. The Hall–Kier alpha value is -3.13. The van der Waals surface area contributed by atoms with Gasteiger partial charge in [-0.1, -0.05) is 97.1 Å². The lowest BCUT2D eigenvalue weighted by Gasteiger charge is -2.20. The van der Waals surface area contributed by atoms with E-state index in [0.29, 0.717) is 0 Å². The molecule has 0 radical (unpaired) electrons. The van der Waals surface area contributed by atoms with E-state index in [-0.39, 0.29) is 6.17 Å². The number of nitrogens with one attached hydrogen (secondary N) is 1. The van der Waals surface area contributed by atoms with E-state index in [1.54, 1.807) is 0 Å². The Kier molecular flexibility index (Phi) is 5.65. The molecule has 26 heavy (non-hydrogen) atoms. The third kappa shape index (κ3) is 4.48. The number of nitrogens with zero attached hydrogens (tertiary/aromatic N) is 1. The first-order chi connectivity index (χ1) is 12.6. The lowest BCUT2D eigenvalue weighted by atomic mass is 10.1. The molecule has 2 nitrogen and oxygen atoms in total. The van der Waals surface area contributed by atoms with Gasteiger partial charge in [-0.05, 0) is 30.5 Å². The predicted octanol–water partition coefficient (Wildman–Crippen LogP) is 5.76. The highest BCUT2D eigenvalue weighted by Gasteiger charge is 2.12. The van der Waals surface area contributed by atoms with Gasteiger partial charge in [-0.25, -0.2) is 0 Å². The average Bonchev–Trinajstić information content (AvgIpc) is 2.68. The number of hydrogen-bond acceptors (Lipinski definition) is 2. The van der Waals surface area contributed by atoms with Gasteiger partial charge in [0.15, 0.2) is 0 Å². The molecule has 0 bridgehead atoms. The molecule has 1 atom stereocenters. The summed E-state index contributed by atoms with van der Waals surface area (Å²) in [6.07, 6.45) is -0.192. The zero-order valence-corrected chi connectivity index (χ0v) is 15.3. The van der Waals surface area contributed by atoms with Gasteiger partial charge in [0, 0.05) is 11.4 Å². The van der Waals surface area contributed by atoms with Crippen molar-refractivity contribution < 1.29 is 0 Å². The van der Waals surface area contributed by atoms with Crippen LogP contribution in [0.25, 0.3) is 5.70 Å². The summed E-state index contributed by atoms with van der Waals surface area (Å²) in [5.41, 5.74) is 6.38. The van der Waals surface area contributed by atoms with Gasteiger partial charge in [0.05, 0.1) is 0 Å². The number of rotatable bonds is 6. The first kappa shape index (κ1) is 17.7. The van der Waals surface area contributed by atoms with Crippen LogP contribution in [0.4, 0.5) is 0 Å². The molecule has 0 aliphatic carbocycles. The van der Waals surface area contributed by atoms with Gasteiger partial charge in [-0.15, -0.1) is 0 Å². The largest absolute Gasteiger partial charge is 0.360 e. The maximum absolute atomic E-state index is 4.97. The Morgan fingerprint density at radius 3 is 2.08 bits per heavy atom. The van der Waals surface area contributed by atoms with E-state index in [0.717, 1.165) is 28.1 Å². The highest BCUT2D eigenvalue weighted by Crippen LogP contribution is 2.21. The molecule has 0 fully saturated rings. The number of aryl methyl sites for hydroxylation is 1. The fourth-order valence-electron chi connectivity index (χ4n) is 2.87. The molecule has 1 N–H and O–H groups in total. The van der Waals surface area contributed by atoms with Gasteiger partial charge in [0.2, 0.25) is 0 Å². The number of aliphatic imine (C=N–C) groups is 1. The highest BCUT2D eigenvalue weighted by molar-refractivity contribution is 5.98. The SMILES string of the molecule is C=C(NC(N=C(C)c1ccccc1)c1cccc(C)c1)c1ccccc1. The van der Waals surface area contributed by atoms with Crippen LogP contribution in [-0.4, -0.2) is 5.71 Å². The molecule has 0 saturated carbocycles. The first-order valence-corrected chi connectivity index (χ1v) is 8.81. The van der Waals surface area contributed by atoms with E-state index in [1.165, 1.54) is 5.56 Å². The van der Waals surface area contributed by atoms with Crippen LogP contribution in [0, 0.1) is 6.92 Å². The number of hydrogen-bond donors (Lipinski definition) is 1. The molecule has 3 rings (SSSR count). The van der Waals surface area contributed by atoms with Crippen molar-refractivity contribution in [2.75, 3.05) is 0 Å². The van der Waals surface area contributed by atoms with E-state index in [4.69, 9.17) is 4.99 Å². The van der Waals surface area contributed by atoms with Gasteiger partial charge in [-0.3, -0.25) is 4.99 Å². The Morgan fingerprint density at radius 2 is 1.46 bits per heavy atom. The van der Waals surface area contributed by atoms with Crippen molar-refractivity contribution in [2.45, 2.75) is 20.0 Å². The summed E-state index contributed by atoms with van der Waals surface area (Å²) >= 11 is 0. The Labute approximate surface area is 155 Å². The van der Waals surface area contributed by atoms with Crippen LogP contribution in [-0.2, 0) is 0 Å². The van der Waals surface area contributed by atoms with Crippen molar-refractivity contribution in [3.63, 3.8) is 0 Å². The van der Waals surface area contributed by atoms with Crippen LogP contribution in [0.2, 0.25) is 0 Å². The second-order valence-corrected chi connectivity index (χ2v) is 6.39. The molecule has 0 heterocycles. The summed E-state index contributed by atoms with van der Waals surface area (Å²) in [5.74, 6) is 0. The lowest BCUT2D eigenvalue weighted by molar-refractivity contribution is 0.670. The van der Waals surface area contributed by atoms with Crippen LogP contribution in [0.3, 0.4) is 0 Å². The van der Waals surface area contributed by atoms with Crippen molar-refractivity contribution in [3.05, 3.63) is 114 Å². The Balaban J connectivity index is 1.93. The molecule has 2 heteroatoms. The Morgan fingerprint density at radius 1 is 0.846 bits per heavy atom. The number of benzene rings is 3. The third-order valence-corrected chi connectivity index (χ3v) is 4.31. The van der Waals surface area contributed by atoms with E-state index < -0.39 is 0 Å². The summed E-state index contributed by atoms with van der Waals surface area (Å²) in [7, 11) is 0. The van der Waals surface area contributed by atoms with Crippen LogP contribution in [0.1, 0.15) is 35.3 Å². The maximum Gasteiger partial charge on any atom is 0.145 e. The summed E-state index contributed by atoms with van der Waals surface area (Å²) < 4.78 is 0. The quantitative estimate of drug-likeness (QED) is 0.567. The minimum absolute atomic E-state index is 0.192. The monoisotopic (exact) mass is 340 g/mol. The molecule has 0 aliphatic rings. The van der Waals surface area contributed by atoms with Gasteiger partial charge < -0.3 is 5.32 Å². The van der Waals surface area contributed by atoms with E-state index in [1.807, 2.05) is 43.3 Å². The molecule has 0 aliphatic heterocycles. The zero-order chi connectivity index (χ0) is 18.4. The average molecular weight is 340 g/mol. The molecule has 0 spiro atoms. The summed E-state index contributed by atoms with van der Waals surface area (Å²) in [5, 5.41) is 3.50. The van der Waals surface area contributed by atoms with E-state index in [9.17, 15) is 0 Å². The van der Waals surface area contributed by atoms with Gasteiger partial charge in [-0.2, -0.15) is 0 Å². The highest BCUT2D eigenvalue weighted by atomic mass is 15.1. The molecule has 3 aromatic rings. The summed E-state index contributed by atoms with van der Waals surface area (Å²) in [6, 6.07) is 28.8. The van der Waals surface area contributed by atoms with Crippen molar-refractivity contribution in [3.8, 4) is 0 Å². The fourth-order valence-corrected chi connectivity index (χ4v) is 2.87. The smallest absolute Gasteiger partial charge is 0.145 e. The first-order valence-electron chi connectivity index (χ1n) is 8.81. The van der Waals surface area contributed by atoms with Crippen molar-refractivity contribution >= 4 is 11.4 Å². The lowest BCUT2D eigenvalue weighted by Crippen LogP contribution is -2.19. The van der Waals surface area contributed by atoms with Crippen LogP contribution in [0.5, 0.6) is 0 Å². The van der Waals surface area contributed by atoms with Gasteiger partial charge in [0.1, 0.15) is 6.17 Å². The minimum Gasteiger partial charge on any atom is -0.360 e. The van der Waals surface area contributed by atoms with Gasteiger partial charge in [0.25, 0.3) is 0 Å². The molecule has 0 aromatic heterocycles. The Bertz CT molecular complexity index is 896. The summed E-state index contributed by atoms with van der Waals surface area (Å²) in [4.78, 5) is 4.97. The van der Waals surface area contributed by atoms with Crippen molar-refractivity contribution in [1.82, 2.24) is 5.32 Å². The van der Waals surface area contributed by atoms with Gasteiger partial charge >= 0.3 is 0 Å². The molecular weight excluding hydrogens is 316 g/mol.